The Morgan fingerprint density at radius 3 is 2.60 bits per heavy atom. The van der Waals surface area contributed by atoms with Crippen LogP contribution in [0.4, 0.5) is 0 Å². The summed E-state index contributed by atoms with van der Waals surface area (Å²) in [6, 6.07) is 10.5. The zero-order valence-electron chi connectivity index (χ0n) is 17.6. The first-order valence-corrected chi connectivity index (χ1v) is 11.0. The third-order valence-corrected chi connectivity index (χ3v) is 6.46. The molecule has 4 rings (SSSR count). The maximum atomic E-state index is 12.7. The highest BCUT2D eigenvalue weighted by Gasteiger charge is 2.33. The summed E-state index contributed by atoms with van der Waals surface area (Å²) in [5.41, 5.74) is 2.62. The number of rotatable bonds is 5. The predicted molar refractivity (Wildman–Crippen MR) is 115 cm³/mol. The molecular weight excluding hydrogens is 378 g/mol. The summed E-state index contributed by atoms with van der Waals surface area (Å²) in [5.74, 6) is 0.277. The van der Waals surface area contributed by atoms with E-state index < -0.39 is 0 Å². The molecule has 2 aliphatic rings. The minimum Gasteiger partial charge on any atom is -0.352 e. The first-order valence-electron chi connectivity index (χ1n) is 11.0. The lowest BCUT2D eigenvalue weighted by atomic mass is 9.93. The SMILES string of the molecule is Cc1[nH]ncc1C(=O)N1CCC(N2CCC[C@@H](C(=O)NCc3ccccc3)C2)CC1. The molecule has 1 aromatic carbocycles. The van der Waals surface area contributed by atoms with Crippen LogP contribution in [-0.4, -0.2) is 64.0 Å². The Morgan fingerprint density at radius 1 is 1.13 bits per heavy atom. The Hall–Kier alpha value is -2.67. The Labute approximate surface area is 177 Å². The Kier molecular flexibility index (Phi) is 6.47. The highest BCUT2D eigenvalue weighted by atomic mass is 16.2. The van der Waals surface area contributed by atoms with Crippen molar-refractivity contribution in [2.75, 3.05) is 26.2 Å². The molecule has 0 bridgehead atoms. The Bertz CT molecular complexity index is 857. The van der Waals surface area contributed by atoms with Crippen molar-refractivity contribution in [3.05, 3.63) is 53.3 Å². The average Bonchev–Trinajstić information content (AvgIpc) is 3.23. The molecule has 7 heteroatoms. The molecule has 1 atom stereocenters. The summed E-state index contributed by atoms with van der Waals surface area (Å²) in [6.45, 7) is 5.85. The Morgan fingerprint density at radius 2 is 1.90 bits per heavy atom. The van der Waals surface area contributed by atoms with Crippen LogP contribution in [0.3, 0.4) is 0 Å². The van der Waals surface area contributed by atoms with Crippen molar-refractivity contribution in [2.45, 2.75) is 45.2 Å². The van der Waals surface area contributed by atoms with E-state index in [1.54, 1.807) is 6.20 Å². The second-order valence-corrected chi connectivity index (χ2v) is 8.47. The number of likely N-dealkylation sites (tertiary alicyclic amines) is 2. The lowest BCUT2D eigenvalue weighted by molar-refractivity contribution is -0.127. The molecule has 0 aliphatic carbocycles. The van der Waals surface area contributed by atoms with Crippen LogP contribution in [0.2, 0.25) is 0 Å². The molecule has 160 valence electrons. The zero-order valence-corrected chi connectivity index (χ0v) is 17.6. The van der Waals surface area contributed by atoms with E-state index in [2.05, 4.69) is 20.4 Å². The third kappa shape index (κ3) is 4.73. The van der Waals surface area contributed by atoms with E-state index in [-0.39, 0.29) is 17.7 Å². The van der Waals surface area contributed by atoms with E-state index in [4.69, 9.17) is 0 Å². The second kappa shape index (κ2) is 9.43. The van der Waals surface area contributed by atoms with E-state index in [9.17, 15) is 9.59 Å². The van der Waals surface area contributed by atoms with Gasteiger partial charge in [0.2, 0.25) is 5.91 Å². The standard InChI is InChI=1S/C23H31N5O2/c1-17-21(15-25-26-17)23(30)27-12-9-20(10-13-27)28-11-5-8-19(16-28)22(29)24-14-18-6-3-2-4-7-18/h2-4,6-7,15,19-20H,5,8-14,16H2,1H3,(H,24,29)(H,25,26)/t19-/m1/s1. The summed E-state index contributed by atoms with van der Waals surface area (Å²) < 4.78 is 0. The molecule has 2 aliphatic heterocycles. The van der Waals surface area contributed by atoms with Gasteiger partial charge < -0.3 is 10.2 Å². The van der Waals surface area contributed by atoms with E-state index in [1.807, 2.05) is 42.2 Å². The van der Waals surface area contributed by atoms with Gasteiger partial charge in [0.1, 0.15) is 0 Å². The van der Waals surface area contributed by atoms with Gasteiger partial charge in [-0.1, -0.05) is 30.3 Å². The van der Waals surface area contributed by atoms with Gasteiger partial charge in [-0.15, -0.1) is 0 Å². The molecule has 0 unspecified atom stereocenters. The van der Waals surface area contributed by atoms with Gasteiger partial charge in [-0.05, 0) is 44.7 Å². The van der Waals surface area contributed by atoms with Crippen molar-refractivity contribution in [1.29, 1.82) is 0 Å². The number of aromatic amines is 1. The van der Waals surface area contributed by atoms with Gasteiger partial charge in [-0.2, -0.15) is 5.10 Å². The molecular formula is C23H31N5O2. The quantitative estimate of drug-likeness (QED) is 0.794. The van der Waals surface area contributed by atoms with Crippen LogP contribution >= 0.6 is 0 Å². The van der Waals surface area contributed by atoms with Gasteiger partial charge in [-0.3, -0.25) is 19.6 Å². The smallest absolute Gasteiger partial charge is 0.257 e. The van der Waals surface area contributed by atoms with E-state index in [0.717, 1.165) is 63.1 Å². The fourth-order valence-corrected chi connectivity index (χ4v) is 4.65. The van der Waals surface area contributed by atoms with Gasteiger partial charge in [-0.25, -0.2) is 0 Å². The molecule has 0 saturated carbocycles. The molecule has 2 fully saturated rings. The molecule has 0 spiro atoms. The van der Waals surface area contributed by atoms with Crippen molar-refractivity contribution in [3.8, 4) is 0 Å². The number of carbonyl (C=O) groups excluding carboxylic acids is 2. The first-order chi connectivity index (χ1) is 14.6. The number of benzene rings is 1. The van der Waals surface area contributed by atoms with Crippen LogP contribution in [0.25, 0.3) is 0 Å². The molecule has 2 amide bonds. The van der Waals surface area contributed by atoms with Gasteiger partial charge in [0.05, 0.1) is 17.7 Å². The lowest BCUT2D eigenvalue weighted by Gasteiger charge is -2.42. The van der Waals surface area contributed by atoms with Gasteiger partial charge in [0.15, 0.2) is 0 Å². The summed E-state index contributed by atoms with van der Waals surface area (Å²) in [4.78, 5) is 29.8. The average molecular weight is 410 g/mol. The van der Waals surface area contributed by atoms with Gasteiger partial charge in [0, 0.05) is 37.9 Å². The first kappa shape index (κ1) is 20.6. The Balaban J connectivity index is 1.26. The van der Waals surface area contributed by atoms with E-state index >= 15 is 0 Å². The number of H-pyrrole nitrogens is 1. The summed E-state index contributed by atoms with van der Waals surface area (Å²) in [6.07, 6.45) is 5.54. The second-order valence-electron chi connectivity index (χ2n) is 8.47. The van der Waals surface area contributed by atoms with Crippen molar-refractivity contribution in [3.63, 3.8) is 0 Å². The molecule has 2 N–H and O–H groups in total. The third-order valence-electron chi connectivity index (χ3n) is 6.46. The predicted octanol–water partition coefficient (Wildman–Crippen LogP) is 2.35. The number of hydrogen-bond donors (Lipinski definition) is 2. The van der Waals surface area contributed by atoms with Crippen LogP contribution in [0.15, 0.2) is 36.5 Å². The number of nitrogens with one attached hydrogen (secondary N) is 2. The fraction of sp³-hybridized carbons (Fsp3) is 0.522. The number of aromatic nitrogens is 2. The number of nitrogens with zero attached hydrogens (tertiary/aromatic N) is 3. The summed E-state index contributed by atoms with van der Waals surface area (Å²) in [5, 5.41) is 9.92. The molecule has 2 saturated heterocycles. The van der Waals surface area contributed by atoms with Crippen LogP contribution in [0, 0.1) is 12.8 Å². The summed E-state index contributed by atoms with van der Waals surface area (Å²) in [7, 11) is 0. The van der Waals surface area contributed by atoms with Crippen LogP contribution in [0.1, 0.15) is 47.3 Å². The normalized spacial score (nSPS) is 20.8. The number of carbonyl (C=O) groups is 2. The molecule has 30 heavy (non-hydrogen) atoms. The molecule has 3 heterocycles. The van der Waals surface area contributed by atoms with E-state index in [1.165, 1.54) is 0 Å². The van der Waals surface area contributed by atoms with Crippen molar-refractivity contribution in [1.82, 2.24) is 25.3 Å². The number of piperidine rings is 2. The maximum absolute atomic E-state index is 12.7. The van der Waals surface area contributed by atoms with Crippen LogP contribution in [0.5, 0.6) is 0 Å². The van der Waals surface area contributed by atoms with Crippen molar-refractivity contribution in [2.24, 2.45) is 5.92 Å². The molecule has 7 nitrogen and oxygen atoms in total. The minimum absolute atomic E-state index is 0.0516. The van der Waals surface area contributed by atoms with Crippen LogP contribution < -0.4 is 5.32 Å². The maximum Gasteiger partial charge on any atom is 0.257 e. The zero-order chi connectivity index (χ0) is 20.9. The molecule has 1 aromatic heterocycles. The van der Waals surface area contributed by atoms with Crippen molar-refractivity contribution < 1.29 is 9.59 Å². The largest absolute Gasteiger partial charge is 0.352 e. The van der Waals surface area contributed by atoms with Crippen LogP contribution in [-0.2, 0) is 11.3 Å². The monoisotopic (exact) mass is 409 g/mol. The topological polar surface area (TPSA) is 81.3 Å². The highest BCUT2D eigenvalue weighted by molar-refractivity contribution is 5.95. The highest BCUT2D eigenvalue weighted by Crippen LogP contribution is 2.25. The van der Waals surface area contributed by atoms with Crippen molar-refractivity contribution >= 4 is 11.8 Å². The van der Waals surface area contributed by atoms with Gasteiger partial charge >= 0.3 is 0 Å². The minimum atomic E-state index is 0.0516. The van der Waals surface area contributed by atoms with Gasteiger partial charge in [0.25, 0.3) is 5.91 Å². The molecule has 0 radical (unpaired) electrons. The number of aryl methyl sites for hydroxylation is 1. The fourth-order valence-electron chi connectivity index (χ4n) is 4.65. The summed E-state index contributed by atoms with van der Waals surface area (Å²) >= 11 is 0. The molecule has 2 aromatic rings. The van der Waals surface area contributed by atoms with E-state index in [0.29, 0.717) is 18.2 Å². The lowest BCUT2D eigenvalue weighted by Crippen LogP contribution is -2.51. The number of hydrogen-bond acceptors (Lipinski definition) is 4. The number of amides is 2.